The van der Waals surface area contributed by atoms with Crippen LogP contribution in [0.2, 0.25) is 0 Å². The highest BCUT2D eigenvalue weighted by atomic mass is 16.6. The third kappa shape index (κ3) is 3.83. The minimum Gasteiger partial charge on any atom is -0.341 e. The van der Waals surface area contributed by atoms with Crippen LogP contribution in [0, 0.1) is 10.1 Å². The van der Waals surface area contributed by atoms with Gasteiger partial charge >= 0.3 is 0 Å². The molecule has 144 valence electrons. The fourth-order valence-corrected chi connectivity index (χ4v) is 2.97. The number of carbonyl (C=O) groups is 1. The van der Waals surface area contributed by atoms with Crippen LogP contribution in [0.1, 0.15) is 12.0 Å². The van der Waals surface area contributed by atoms with Crippen LogP contribution in [0.25, 0.3) is 10.8 Å². The van der Waals surface area contributed by atoms with Gasteiger partial charge in [0, 0.05) is 25.1 Å². The number of amides is 1. The van der Waals surface area contributed by atoms with E-state index in [4.69, 9.17) is 0 Å². The first-order valence-corrected chi connectivity index (χ1v) is 8.56. The van der Waals surface area contributed by atoms with Gasteiger partial charge in [-0.1, -0.05) is 30.3 Å². The molecule has 0 bridgehead atoms. The van der Waals surface area contributed by atoms with Crippen molar-refractivity contribution in [2.75, 3.05) is 7.05 Å². The Kier molecular flexibility index (Phi) is 5.35. The number of hydrogen-bond acceptors (Lipinski definition) is 5. The van der Waals surface area contributed by atoms with Crippen LogP contribution in [-0.4, -0.2) is 32.6 Å². The number of aromatic amines is 1. The Hall–Kier alpha value is -3.75. The summed E-state index contributed by atoms with van der Waals surface area (Å²) >= 11 is 0. The van der Waals surface area contributed by atoms with Crippen molar-refractivity contribution in [1.82, 2.24) is 14.7 Å². The second kappa shape index (κ2) is 7.87. The van der Waals surface area contributed by atoms with E-state index in [0.29, 0.717) is 10.9 Å². The van der Waals surface area contributed by atoms with Gasteiger partial charge in [0.25, 0.3) is 16.8 Å². The average molecular weight is 382 g/mol. The largest absolute Gasteiger partial charge is 0.341 e. The number of rotatable bonds is 6. The highest BCUT2D eigenvalue weighted by molar-refractivity contribution is 5.80. The van der Waals surface area contributed by atoms with Crippen LogP contribution >= 0.6 is 0 Å². The van der Waals surface area contributed by atoms with E-state index in [2.05, 4.69) is 5.10 Å². The predicted molar refractivity (Wildman–Crippen MR) is 103 cm³/mol. The molecule has 0 aliphatic heterocycles. The van der Waals surface area contributed by atoms with Gasteiger partial charge in [-0.3, -0.25) is 29.6 Å². The van der Waals surface area contributed by atoms with Crippen LogP contribution < -0.4 is 11.1 Å². The molecule has 0 saturated heterocycles. The first-order chi connectivity index (χ1) is 13.4. The molecule has 0 aliphatic rings. The molecule has 0 atom stereocenters. The lowest BCUT2D eigenvalue weighted by molar-refractivity contribution is -0.385. The molecule has 3 rings (SSSR count). The number of para-hydroxylation sites is 1. The quantitative estimate of drug-likeness (QED) is 0.514. The fourth-order valence-electron chi connectivity index (χ4n) is 2.97. The first-order valence-electron chi connectivity index (χ1n) is 8.56. The minimum atomic E-state index is -0.493. The number of nitrogens with zero attached hydrogens (tertiary/aromatic N) is 3. The number of aromatic nitrogens is 2. The zero-order chi connectivity index (χ0) is 20.3. The normalized spacial score (nSPS) is 10.8. The molecule has 28 heavy (non-hydrogen) atoms. The van der Waals surface area contributed by atoms with Gasteiger partial charge in [0.1, 0.15) is 0 Å². The van der Waals surface area contributed by atoms with Crippen molar-refractivity contribution in [2.24, 2.45) is 0 Å². The lowest BCUT2D eigenvalue weighted by atomic mass is 10.1. The van der Waals surface area contributed by atoms with E-state index in [1.807, 2.05) is 0 Å². The third-order valence-electron chi connectivity index (χ3n) is 4.45. The molecule has 0 aliphatic carbocycles. The summed E-state index contributed by atoms with van der Waals surface area (Å²) in [6.07, 6.45) is -0.0364. The Morgan fingerprint density at radius 1 is 1.11 bits per heavy atom. The number of nitrogens with one attached hydrogen (secondary N) is 1. The average Bonchev–Trinajstić information content (AvgIpc) is 2.69. The Morgan fingerprint density at radius 3 is 2.46 bits per heavy atom. The summed E-state index contributed by atoms with van der Waals surface area (Å²) in [6, 6.07) is 12.7. The van der Waals surface area contributed by atoms with E-state index in [0.717, 1.165) is 4.68 Å². The maximum absolute atomic E-state index is 12.5. The summed E-state index contributed by atoms with van der Waals surface area (Å²) in [5.41, 5.74) is -0.433. The second-order valence-corrected chi connectivity index (χ2v) is 6.33. The van der Waals surface area contributed by atoms with Crippen molar-refractivity contribution in [3.05, 3.63) is 84.9 Å². The van der Waals surface area contributed by atoms with Crippen LogP contribution in [0.3, 0.4) is 0 Å². The van der Waals surface area contributed by atoms with Crippen LogP contribution in [0.5, 0.6) is 0 Å². The molecular weight excluding hydrogens is 364 g/mol. The second-order valence-electron chi connectivity index (χ2n) is 6.33. The minimum absolute atomic E-state index is 0.00103. The maximum atomic E-state index is 12.5. The molecule has 0 fully saturated rings. The number of nitro groups is 1. The molecule has 1 N–H and O–H groups in total. The Labute approximate surface area is 159 Å². The number of nitro benzene ring substituents is 1. The smallest absolute Gasteiger partial charge is 0.274 e. The van der Waals surface area contributed by atoms with Gasteiger partial charge in [0.15, 0.2) is 0 Å². The number of fused-ring (bicyclic) bond motifs is 1. The number of aryl methyl sites for hydroxylation is 1. The molecule has 1 heterocycles. The summed E-state index contributed by atoms with van der Waals surface area (Å²) in [7, 11) is 1.53. The van der Waals surface area contributed by atoms with Gasteiger partial charge in [-0.25, -0.2) is 4.68 Å². The van der Waals surface area contributed by atoms with Crippen molar-refractivity contribution >= 4 is 22.4 Å². The molecule has 1 aromatic heterocycles. The molecule has 0 spiro atoms. The van der Waals surface area contributed by atoms with Crippen LogP contribution in [-0.2, 0) is 17.9 Å². The van der Waals surface area contributed by atoms with Crippen molar-refractivity contribution in [3.8, 4) is 0 Å². The molecule has 9 nitrogen and oxygen atoms in total. The number of carbonyl (C=O) groups excluding carboxylic acids is 1. The summed E-state index contributed by atoms with van der Waals surface area (Å²) in [5, 5.41) is 14.1. The van der Waals surface area contributed by atoms with E-state index in [1.165, 1.54) is 18.0 Å². The molecule has 9 heteroatoms. The summed E-state index contributed by atoms with van der Waals surface area (Å²) < 4.78 is 1.11. The lowest BCUT2D eigenvalue weighted by Crippen LogP contribution is -2.33. The van der Waals surface area contributed by atoms with E-state index >= 15 is 0 Å². The van der Waals surface area contributed by atoms with Gasteiger partial charge in [0.2, 0.25) is 5.91 Å². The summed E-state index contributed by atoms with van der Waals surface area (Å²) in [4.78, 5) is 48.9. The Bertz CT molecular complexity index is 1160. The van der Waals surface area contributed by atoms with Crippen molar-refractivity contribution in [2.45, 2.75) is 19.5 Å². The molecular formula is C19H18N4O5. The monoisotopic (exact) mass is 382 g/mol. The number of benzene rings is 2. The molecule has 2 aromatic carbocycles. The van der Waals surface area contributed by atoms with Crippen LogP contribution in [0.15, 0.2) is 58.1 Å². The third-order valence-corrected chi connectivity index (χ3v) is 4.45. The van der Waals surface area contributed by atoms with E-state index in [1.54, 1.807) is 42.5 Å². The van der Waals surface area contributed by atoms with Crippen molar-refractivity contribution < 1.29 is 9.72 Å². The summed E-state index contributed by atoms with van der Waals surface area (Å²) in [6.45, 7) is 0.0675. The highest BCUT2D eigenvalue weighted by Gasteiger charge is 2.17. The standard InChI is InChI=1S/C19H18N4O5/c1-21(12-13-6-2-5-9-16(13)23(27)28)17(24)10-11-22-19(26)15-8-4-3-7-14(15)18(25)20-22/h2-9H,10-12H2,1H3,(H,20,25). The highest BCUT2D eigenvalue weighted by Crippen LogP contribution is 2.19. The van der Waals surface area contributed by atoms with Crippen molar-refractivity contribution in [1.29, 1.82) is 0 Å². The van der Waals surface area contributed by atoms with E-state index in [-0.39, 0.29) is 42.1 Å². The molecule has 0 saturated carbocycles. The Balaban J connectivity index is 1.73. The topological polar surface area (TPSA) is 118 Å². The Morgan fingerprint density at radius 2 is 1.75 bits per heavy atom. The zero-order valence-electron chi connectivity index (χ0n) is 15.1. The van der Waals surface area contributed by atoms with E-state index < -0.39 is 10.5 Å². The van der Waals surface area contributed by atoms with Gasteiger partial charge in [-0.15, -0.1) is 0 Å². The molecule has 0 radical (unpaired) electrons. The van der Waals surface area contributed by atoms with Gasteiger partial charge in [-0.2, -0.15) is 0 Å². The first kappa shape index (κ1) is 19.0. The SMILES string of the molecule is CN(Cc1ccccc1[N+](=O)[O-])C(=O)CCn1[nH]c(=O)c2ccccc2c1=O. The number of hydrogen-bond donors (Lipinski definition) is 1. The van der Waals surface area contributed by atoms with Gasteiger partial charge in [0.05, 0.1) is 28.8 Å². The predicted octanol–water partition coefficient (Wildman–Crippen LogP) is 1.65. The van der Waals surface area contributed by atoms with Crippen molar-refractivity contribution in [3.63, 3.8) is 0 Å². The van der Waals surface area contributed by atoms with E-state index in [9.17, 15) is 24.5 Å². The number of H-pyrrole nitrogens is 1. The molecule has 1 amide bonds. The zero-order valence-corrected chi connectivity index (χ0v) is 15.1. The molecule has 0 unspecified atom stereocenters. The van der Waals surface area contributed by atoms with Crippen LogP contribution in [0.4, 0.5) is 5.69 Å². The van der Waals surface area contributed by atoms with Gasteiger partial charge < -0.3 is 4.90 Å². The maximum Gasteiger partial charge on any atom is 0.274 e. The van der Waals surface area contributed by atoms with Gasteiger partial charge in [-0.05, 0) is 12.1 Å². The summed E-state index contributed by atoms with van der Waals surface area (Å²) in [5.74, 6) is -0.306. The fraction of sp³-hybridized carbons (Fsp3) is 0.211. The lowest BCUT2D eigenvalue weighted by Gasteiger charge is -2.17. The molecule has 3 aromatic rings.